The van der Waals surface area contributed by atoms with Gasteiger partial charge in [-0.2, -0.15) is 0 Å². The molecule has 3 aromatic rings. The lowest BCUT2D eigenvalue weighted by atomic mass is 10.1. The number of hydrogen-bond acceptors (Lipinski definition) is 3. The first-order valence-corrected chi connectivity index (χ1v) is 8.67. The second-order valence-electron chi connectivity index (χ2n) is 5.97. The van der Waals surface area contributed by atoms with Crippen molar-refractivity contribution in [2.75, 3.05) is 0 Å². The standard InChI is InChI=1S/C20H13ClF3N3O2/c21-13-8-11(4-6-14(13)22)9-18(25-17-2-1-3-19(28)26-17)27-20(29)12-5-7-15(23)16(24)10-12/h1-8,10H,9H2,(H2,25,26,27,28,29). The number of pyridine rings is 1. The number of nitrogens with zero attached hydrogens (tertiary/aromatic N) is 1. The van der Waals surface area contributed by atoms with E-state index in [2.05, 4.69) is 15.3 Å². The first-order valence-electron chi connectivity index (χ1n) is 8.29. The molecule has 0 aliphatic carbocycles. The number of aliphatic imine (C=N–C) groups is 1. The molecule has 0 bridgehead atoms. The lowest BCUT2D eigenvalue weighted by Crippen LogP contribution is -2.32. The second-order valence-corrected chi connectivity index (χ2v) is 6.37. The van der Waals surface area contributed by atoms with Crippen molar-refractivity contribution >= 4 is 29.2 Å². The molecule has 0 fully saturated rings. The van der Waals surface area contributed by atoms with Crippen LogP contribution in [0.4, 0.5) is 19.0 Å². The quantitative estimate of drug-likeness (QED) is 0.492. The number of carbonyl (C=O) groups excluding carboxylic acids is 1. The average Bonchev–Trinajstić information content (AvgIpc) is 2.67. The van der Waals surface area contributed by atoms with Gasteiger partial charge in [0.2, 0.25) is 5.56 Å². The Morgan fingerprint density at radius 3 is 2.45 bits per heavy atom. The third-order valence-corrected chi connectivity index (χ3v) is 4.09. The van der Waals surface area contributed by atoms with Crippen molar-refractivity contribution in [3.63, 3.8) is 0 Å². The van der Waals surface area contributed by atoms with E-state index >= 15 is 0 Å². The number of aromatic amines is 1. The average molecular weight is 420 g/mol. The van der Waals surface area contributed by atoms with Crippen LogP contribution in [0.3, 0.4) is 0 Å². The van der Waals surface area contributed by atoms with E-state index in [1.165, 1.54) is 30.3 Å². The predicted molar refractivity (Wildman–Crippen MR) is 103 cm³/mol. The Bertz CT molecular complexity index is 1160. The maximum absolute atomic E-state index is 13.4. The van der Waals surface area contributed by atoms with Gasteiger partial charge in [0.05, 0.1) is 5.02 Å². The third-order valence-electron chi connectivity index (χ3n) is 3.80. The van der Waals surface area contributed by atoms with Crippen molar-refractivity contribution in [3.8, 4) is 0 Å². The van der Waals surface area contributed by atoms with E-state index in [9.17, 15) is 22.8 Å². The Morgan fingerprint density at radius 2 is 1.76 bits per heavy atom. The van der Waals surface area contributed by atoms with Crippen LogP contribution in [0.2, 0.25) is 5.02 Å². The summed E-state index contributed by atoms with van der Waals surface area (Å²) in [6.45, 7) is 0. The van der Waals surface area contributed by atoms with E-state index < -0.39 is 28.9 Å². The van der Waals surface area contributed by atoms with Crippen LogP contribution in [0.15, 0.2) is 64.4 Å². The zero-order valence-electron chi connectivity index (χ0n) is 14.7. The number of rotatable bonds is 4. The Hall–Kier alpha value is -3.39. The molecule has 0 atom stereocenters. The van der Waals surface area contributed by atoms with Gasteiger partial charge in [0.15, 0.2) is 11.6 Å². The topological polar surface area (TPSA) is 74.3 Å². The normalized spacial score (nSPS) is 11.4. The lowest BCUT2D eigenvalue weighted by Gasteiger charge is -2.10. The van der Waals surface area contributed by atoms with Crippen LogP contribution in [-0.2, 0) is 6.42 Å². The Labute approximate surface area is 167 Å². The van der Waals surface area contributed by atoms with Gasteiger partial charge in [-0.05, 0) is 42.0 Å². The fourth-order valence-electron chi connectivity index (χ4n) is 2.44. The molecule has 2 aromatic carbocycles. The van der Waals surface area contributed by atoms with Crippen LogP contribution < -0.4 is 10.9 Å². The number of hydrogen-bond donors (Lipinski definition) is 2. The number of amidine groups is 1. The molecule has 1 amide bonds. The summed E-state index contributed by atoms with van der Waals surface area (Å²) in [6.07, 6.45) is 0.0202. The number of aromatic nitrogens is 1. The molecule has 1 aromatic heterocycles. The first-order chi connectivity index (χ1) is 13.8. The van der Waals surface area contributed by atoms with Crippen molar-refractivity contribution in [2.24, 2.45) is 4.99 Å². The van der Waals surface area contributed by atoms with Crippen LogP contribution in [0.5, 0.6) is 0 Å². The fourth-order valence-corrected chi connectivity index (χ4v) is 2.65. The van der Waals surface area contributed by atoms with Gasteiger partial charge in [-0.15, -0.1) is 0 Å². The van der Waals surface area contributed by atoms with E-state index in [0.717, 1.165) is 24.3 Å². The minimum absolute atomic E-state index is 0.0202. The highest BCUT2D eigenvalue weighted by Crippen LogP contribution is 2.17. The molecule has 5 nitrogen and oxygen atoms in total. The van der Waals surface area contributed by atoms with Crippen molar-refractivity contribution in [3.05, 3.63) is 98.6 Å². The van der Waals surface area contributed by atoms with Gasteiger partial charge >= 0.3 is 0 Å². The molecule has 0 aliphatic rings. The van der Waals surface area contributed by atoms with Crippen molar-refractivity contribution in [2.45, 2.75) is 6.42 Å². The minimum atomic E-state index is -1.17. The van der Waals surface area contributed by atoms with Crippen molar-refractivity contribution < 1.29 is 18.0 Å². The number of amides is 1. The molecular weight excluding hydrogens is 407 g/mol. The largest absolute Gasteiger partial charge is 0.310 e. The monoisotopic (exact) mass is 419 g/mol. The lowest BCUT2D eigenvalue weighted by molar-refractivity contribution is 0.0976. The number of halogens is 4. The molecule has 3 rings (SSSR count). The van der Waals surface area contributed by atoms with Gasteiger partial charge in [-0.3, -0.25) is 9.59 Å². The molecule has 2 N–H and O–H groups in total. The Kier molecular flexibility index (Phi) is 6.13. The van der Waals surface area contributed by atoms with Gasteiger partial charge in [0.25, 0.3) is 5.91 Å². The molecule has 0 radical (unpaired) electrons. The van der Waals surface area contributed by atoms with Gasteiger partial charge in [-0.1, -0.05) is 23.7 Å². The van der Waals surface area contributed by atoms with Crippen LogP contribution in [0, 0.1) is 17.5 Å². The molecule has 0 aliphatic heterocycles. The fraction of sp³-hybridized carbons (Fsp3) is 0.0500. The van der Waals surface area contributed by atoms with Crippen LogP contribution in [0.25, 0.3) is 0 Å². The van der Waals surface area contributed by atoms with Gasteiger partial charge < -0.3 is 10.3 Å². The van der Waals surface area contributed by atoms with Crippen LogP contribution >= 0.6 is 11.6 Å². The third kappa shape index (κ3) is 5.32. The zero-order valence-corrected chi connectivity index (χ0v) is 15.4. The number of carbonyl (C=O) groups is 1. The summed E-state index contributed by atoms with van der Waals surface area (Å²) in [6, 6.07) is 10.9. The molecule has 0 spiro atoms. The number of H-pyrrole nitrogens is 1. The highest BCUT2D eigenvalue weighted by molar-refractivity contribution is 6.30. The number of nitrogens with one attached hydrogen (secondary N) is 2. The van der Waals surface area contributed by atoms with E-state index in [-0.39, 0.29) is 28.7 Å². The van der Waals surface area contributed by atoms with Gasteiger partial charge in [-0.25, -0.2) is 18.2 Å². The van der Waals surface area contributed by atoms with E-state index in [0.29, 0.717) is 5.56 Å². The summed E-state index contributed by atoms with van der Waals surface area (Å²) in [5.74, 6) is -3.37. The SMILES string of the molecule is O=C(NC(Cc1ccc(F)c(Cl)c1)=Nc1cccc(=O)[nH]1)c1ccc(F)c(F)c1. The molecule has 148 valence electrons. The summed E-state index contributed by atoms with van der Waals surface area (Å²) in [4.78, 5) is 30.6. The zero-order chi connectivity index (χ0) is 21.0. The molecule has 1 heterocycles. The van der Waals surface area contributed by atoms with Crippen LogP contribution in [0.1, 0.15) is 15.9 Å². The second kappa shape index (κ2) is 8.74. The first kappa shape index (κ1) is 20.3. The molecule has 0 saturated heterocycles. The summed E-state index contributed by atoms with van der Waals surface area (Å²) in [7, 11) is 0. The minimum Gasteiger partial charge on any atom is -0.310 e. The van der Waals surface area contributed by atoms with E-state index in [4.69, 9.17) is 11.6 Å². The summed E-state index contributed by atoms with van der Waals surface area (Å²) in [5, 5.41) is 2.38. The molecule has 29 heavy (non-hydrogen) atoms. The molecule has 0 unspecified atom stereocenters. The number of benzene rings is 2. The maximum Gasteiger partial charge on any atom is 0.256 e. The molecule has 0 saturated carbocycles. The molecule has 9 heteroatoms. The molecular formula is C20H13ClF3N3O2. The summed E-state index contributed by atoms with van der Waals surface area (Å²) >= 11 is 5.79. The Morgan fingerprint density at radius 1 is 1.00 bits per heavy atom. The smallest absolute Gasteiger partial charge is 0.256 e. The maximum atomic E-state index is 13.4. The summed E-state index contributed by atoms with van der Waals surface area (Å²) < 4.78 is 39.9. The predicted octanol–water partition coefficient (Wildman–Crippen LogP) is 4.15. The summed E-state index contributed by atoms with van der Waals surface area (Å²) in [5.41, 5.74) is -0.00309. The van der Waals surface area contributed by atoms with Gasteiger partial charge in [0, 0.05) is 18.1 Å². The van der Waals surface area contributed by atoms with Crippen molar-refractivity contribution in [1.29, 1.82) is 0 Å². The van der Waals surface area contributed by atoms with Crippen LogP contribution in [-0.4, -0.2) is 16.7 Å². The van der Waals surface area contributed by atoms with E-state index in [1.54, 1.807) is 0 Å². The highest BCUT2D eigenvalue weighted by Gasteiger charge is 2.13. The highest BCUT2D eigenvalue weighted by atomic mass is 35.5. The van der Waals surface area contributed by atoms with Gasteiger partial charge in [0.1, 0.15) is 17.5 Å². The van der Waals surface area contributed by atoms with E-state index in [1.807, 2.05) is 0 Å². The Balaban J connectivity index is 1.93. The van der Waals surface area contributed by atoms with Crippen molar-refractivity contribution in [1.82, 2.24) is 10.3 Å².